The molecule has 0 unspecified atom stereocenters. The predicted octanol–water partition coefficient (Wildman–Crippen LogP) is 5.47. The van der Waals surface area contributed by atoms with Crippen molar-refractivity contribution in [1.29, 1.82) is 0 Å². The molecule has 1 aliphatic carbocycles. The minimum absolute atomic E-state index is 0.0268. The van der Waals surface area contributed by atoms with Gasteiger partial charge in [0.2, 0.25) is 0 Å². The third-order valence-corrected chi connectivity index (χ3v) is 7.44. The number of furan rings is 1. The molecule has 0 bridgehead atoms. The first-order valence-corrected chi connectivity index (χ1v) is 13.9. The summed E-state index contributed by atoms with van der Waals surface area (Å²) in [6.07, 6.45) is 9.48. The summed E-state index contributed by atoms with van der Waals surface area (Å²) in [6, 6.07) is 13.2. The third-order valence-electron chi connectivity index (χ3n) is 7.44. The number of nitrogens with one attached hydrogen (secondary N) is 1. The zero-order chi connectivity index (χ0) is 28.8. The van der Waals surface area contributed by atoms with Crippen molar-refractivity contribution in [2.75, 3.05) is 6.61 Å². The Hall–Kier alpha value is -4.60. The van der Waals surface area contributed by atoms with Crippen LogP contribution in [0.5, 0.6) is 5.75 Å². The SMILES string of the molecule is O=C(O)CCCOc1ccc(C[C@H](NC(=O)c2ccc3c(c2)nc(-c2ccoc2)n3C2CCCCC2)C(=O)O)cc1. The molecular weight excluding hydrogens is 526 g/mol. The Labute approximate surface area is 237 Å². The van der Waals surface area contributed by atoms with Gasteiger partial charge in [-0.05, 0) is 61.2 Å². The van der Waals surface area contributed by atoms with Crippen LogP contribution in [0.25, 0.3) is 22.4 Å². The molecule has 1 aliphatic rings. The number of carboxylic acid groups (broad SMARTS) is 2. The van der Waals surface area contributed by atoms with Crippen LogP contribution >= 0.6 is 0 Å². The fourth-order valence-corrected chi connectivity index (χ4v) is 5.36. The lowest BCUT2D eigenvalue weighted by atomic mass is 9.95. The predicted molar refractivity (Wildman–Crippen MR) is 151 cm³/mol. The minimum atomic E-state index is -1.14. The van der Waals surface area contributed by atoms with Crippen LogP contribution in [-0.4, -0.2) is 50.3 Å². The van der Waals surface area contributed by atoms with Crippen LogP contribution < -0.4 is 10.1 Å². The highest BCUT2D eigenvalue weighted by molar-refractivity contribution is 5.99. The van der Waals surface area contributed by atoms with Crippen molar-refractivity contribution in [2.45, 2.75) is 63.5 Å². The molecule has 0 radical (unpaired) electrons. The Morgan fingerprint density at radius 3 is 2.51 bits per heavy atom. The molecule has 1 atom stereocenters. The third kappa shape index (κ3) is 6.77. The number of hydrogen-bond acceptors (Lipinski definition) is 6. The van der Waals surface area contributed by atoms with Crippen LogP contribution in [0.2, 0.25) is 0 Å². The van der Waals surface area contributed by atoms with Gasteiger partial charge in [0.25, 0.3) is 5.91 Å². The summed E-state index contributed by atoms with van der Waals surface area (Å²) in [5.74, 6) is -1.15. The molecule has 10 nitrogen and oxygen atoms in total. The molecule has 0 spiro atoms. The molecule has 3 N–H and O–H groups in total. The standard InChI is InChI=1S/C31H33N3O7/c35-28(36)7-4-15-41-24-11-8-20(9-12-24)17-26(31(38)39)33-30(37)21-10-13-27-25(18-21)32-29(22-14-16-40-19-22)34(27)23-5-2-1-3-6-23/h8-14,16,18-19,23,26H,1-7,15,17H2,(H,33,37)(H,35,36)(H,38,39)/t26-/m0/s1. The number of aliphatic carboxylic acids is 2. The largest absolute Gasteiger partial charge is 0.494 e. The summed E-state index contributed by atoms with van der Waals surface area (Å²) in [5.41, 5.74) is 3.53. The molecule has 1 saturated carbocycles. The van der Waals surface area contributed by atoms with E-state index in [9.17, 15) is 19.5 Å². The maximum Gasteiger partial charge on any atom is 0.326 e. The van der Waals surface area contributed by atoms with Gasteiger partial charge in [-0.25, -0.2) is 9.78 Å². The number of nitrogens with zero attached hydrogens (tertiary/aromatic N) is 2. The van der Waals surface area contributed by atoms with E-state index >= 15 is 0 Å². The van der Waals surface area contributed by atoms with Gasteiger partial charge in [-0.15, -0.1) is 0 Å². The average Bonchev–Trinajstić information content (AvgIpc) is 3.64. The molecule has 214 valence electrons. The molecular formula is C31H33N3O7. The molecule has 10 heteroatoms. The summed E-state index contributed by atoms with van der Waals surface area (Å²) in [4.78, 5) is 40.7. The summed E-state index contributed by atoms with van der Waals surface area (Å²) in [5, 5.41) is 21.2. The van der Waals surface area contributed by atoms with E-state index < -0.39 is 23.9 Å². The van der Waals surface area contributed by atoms with Crippen LogP contribution in [0, 0.1) is 0 Å². The van der Waals surface area contributed by atoms with Crippen molar-refractivity contribution in [3.63, 3.8) is 0 Å². The first-order chi connectivity index (χ1) is 19.9. The number of carboxylic acids is 2. The molecule has 4 aromatic rings. The maximum absolute atomic E-state index is 13.2. The summed E-state index contributed by atoms with van der Waals surface area (Å²) < 4.78 is 13.1. The second kappa shape index (κ2) is 12.7. The molecule has 2 aromatic carbocycles. The number of amides is 1. The number of rotatable bonds is 12. The van der Waals surface area contributed by atoms with E-state index in [1.807, 2.05) is 12.1 Å². The van der Waals surface area contributed by atoms with E-state index in [0.717, 1.165) is 42.6 Å². The van der Waals surface area contributed by atoms with E-state index in [0.29, 0.717) is 34.9 Å². The van der Waals surface area contributed by atoms with Crippen molar-refractivity contribution in [3.8, 4) is 17.1 Å². The van der Waals surface area contributed by atoms with Crippen LogP contribution in [0.15, 0.2) is 65.5 Å². The topological polar surface area (TPSA) is 144 Å². The van der Waals surface area contributed by atoms with Crippen molar-refractivity contribution in [3.05, 3.63) is 72.2 Å². The summed E-state index contributed by atoms with van der Waals surface area (Å²) in [7, 11) is 0. The van der Waals surface area contributed by atoms with Gasteiger partial charge < -0.3 is 29.3 Å². The van der Waals surface area contributed by atoms with Gasteiger partial charge in [0.1, 0.15) is 23.9 Å². The first kappa shape index (κ1) is 27.9. The van der Waals surface area contributed by atoms with Gasteiger partial charge in [0.05, 0.1) is 29.5 Å². The second-order valence-corrected chi connectivity index (χ2v) is 10.4. The molecule has 1 amide bonds. The number of ether oxygens (including phenoxy) is 1. The Balaban J connectivity index is 1.30. The lowest BCUT2D eigenvalue weighted by Gasteiger charge is -2.25. The highest BCUT2D eigenvalue weighted by Gasteiger charge is 2.25. The Kier molecular flexibility index (Phi) is 8.67. The lowest BCUT2D eigenvalue weighted by molar-refractivity contribution is -0.139. The van der Waals surface area contributed by atoms with E-state index in [1.54, 1.807) is 48.9 Å². The van der Waals surface area contributed by atoms with Gasteiger partial charge >= 0.3 is 11.9 Å². The number of benzene rings is 2. The molecule has 5 rings (SSSR count). The van der Waals surface area contributed by atoms with E-state index in [4.69, 9.17) is 19.2 Å². The molecule has 2 heterocycles. The van der Waals surface area contributed by atoms with Gasteiger partial charge in [0, 0.05) is 24.4 Å². The van der Waals surface area contributed by atoms with E-state index in [-0.39, 0.29) is 19.4 Å². The number of hydrogen-bond donors (Lipinski definition) is 3. The number of aromatic nitrogens is 2. The monoisotopic (exact) mass is 559 g/mol. The summed E-state index contributed by atoms with van der Waals surface area (Å²) >= 11 is 0. The fourth-order valence-electron chi connectivity index (χ4n) is 5.36. The fraction of sp³-hybridized carbons (Fsp3) is 0.355. The number of carbonyl (C=O) groups excluding carboxylic acids is 1. The lowest BCUT2D eigenvalue weighted by Crippen LogP contribution is -2.42. The van der Waals surface area contributed by atoms with Crippen LogP contribution in [0.4, 0.5) is 0 Å². The number of imidazole rings is 1. The van der Waals surface area contributed by atoms with Crippen LogP contribution in [0.3, 0.4) is 0 Å². The number of fused-ring (bicyclic) bond motifs is 1. The Morgan fingerprint density at radius 1 is 1.05 bits per heavy atom. The molecule has 2 aromatic heterocycles. The maximum atomic E-state index is 13.2. The zero-order valence-electron chi connectivity index (χ0n) is 22.6. The highest BCUT2D eigenvalue weighted by atomic mass is 16.5. The normalized spacial score (nSPS) is 14.5. The van der Waals surface area contributed by atoms with Crippen molar-refractivity contribution < 1.29 is 33.8 Å². The van der Waals surface area contributed by atoms with Gasteiger partial charge in [-0.3, -0.25) is 9.59 Å². The zero-order valence-corrected chi connectivity index (χ0v) is 22.6. The van der Waals surface area contributed by atoms with E-state index in [1.165, 1.54) is 6.42 Å². The quantitative estimate of drug-likeness (QED) is 0.194. The summed E-state index contributed by atoms with van der Waals surface area (Å²) in [6.45, 7) is 0.270. The molecule has 41 heavy (non-hydrogen) atoms. The smallest absolute Gasteiger partial charge is 0.326 e. The van der Waals surface area contributed by atoms with Crippen LogP contribution in [-0.2, 0) is 16.0 Å². The molecule has 0 saturated heterocycles. The molecule has 1 fully saturated rings. The Morgan fingerprint density at radius 2 is 1.83 bits per heavy atom. The van der Waals surface area contributed by atoms with Crippen LogP contribution in [0.1, 0.15) is 66.9 Å². The van der Waals surface area contributed by atoms with Crippen molar-refractivity contribution >= 4 is 28.9 Å². The Bertz CT molecular complexity index is 1500. The van der Waals surface area contributed by atoms with E-state index in [2.05, 4.69) is 9.88 Å². The van der Waals surface area contributed by atoms with Gasteiger partial charge in [-0.1, -0.05) is 31.4 Å². The minimum Gasteiger partial charge on any atom is -0.494 e. The second-order valence-electron chi connectivity index (χ2n) is 10.4. The van der Waals surface area contributed by atoms with Gasteiger partial charge in [-0.2, -0.15) is 0 Å². The number of carbonyl (C=O) groups is 3. The highest BCUT2D eigenvalue weighted by Crippen LogP contribution is 2.36. The first-order valence-electron chi connectivity index (χ1n) is 13.9. The van der Waals surface area contributed by atoms with Crippen molar-refractivity contribution in [1.82, 2.24) is 14.9 Å². The van der Waals surface area contributed by atoms with Crippen molar-refractivity contribution in [2.24, 2.45) is 0 Å². The molecule has 0 aliphatic heterocycles. The van der Waals surface area contributed by atoms with Gasteiger partial charge in [0.15, 0.2) is 0 Å². The average molecular weight is 560 g/mol.